The number of hydrogen-bond acceptors (Lipinski definition) is 12. The molecule has 2 atom stereocenters. The molecule has 2 aromatic carbocycles. The quantitative estimate of drug-likeness (QED) is 0.262. The monoisotopic (exact) mass is 723 g/mol. The predicted octanol–water partition coefficient (Wildman–Crippen LogP) is 3.92. The number of ether oxygens (including phenoxy) is 3. The number of imidazole rings is 1. The fourth-order valence-electron chi connectivity index (χ4n) is 7.44. The highest BCUT2D eigenvalue weighted by Crippen LogP contribution is 2.36. The number of amides is 1. The number of benzene rings is 2. The molecule has 1 saturated heterocycles. The summed E-state index contributed by atoms with van der Waals surface area (Å²) in [4.78, 5) is 41.6. The normalized spacial score (nSPS) is 19.4. The first-order valence-electron chi connectivity index (χ1n) is 17.5. The molecule has 1 N–H and O–H groups in total. The van der Waals surface area contributed by atoms with Crippen molar-refractivity contribution in [3.05, 3.63) is 66.3 Å². The van der Waals surface area contributed by atoms with E-state index in [4.69, 9.17) is 29.2 Å². The number of aromatic nitrogens is 8. The number of carbonyl (C=O) groups excluding carboxylic acids is 1. The van der Waals surface area contributed by atoms with E-state index in [1.165, 1.54) is 24.3 Å². The van der Waals surface area contributed by atoms with Gasteiger partial charge in [0.1, 0.15) is 54.0 Å². The molecule has 272 valence electrons. The number of carbonyl (C=O) groups is 1. The van der Waals surface area contributed by atoms with Gasteiger partial charge >= 0.3 is 6.01 Å². The zero-order chi connectivity index (χ0) is 36.2. The van der Waals surface area contributed by atoms with Gasteiger partial charge in [-0.05, 0) is 44.0 Å². The maximum absolute atomic E-state index is 14.9. The summed E-state index contributed by atoms with van der Waals surface area (Å²) in [6.07, 6.45) is 4.30. The SMILES string of the molecule is Cc1nc2cc(F)cc3c2n1CCCN(C)C(=O)[C@@H]1C[C@@H](CN1c1nc2nc4c1cnn4-c1ccc(F)cc1OCCOCCO2)Nc1nccc-3n1. The highest BCUT2D eigenvalue weighted by atomic mass is 19.1. The van der Waals surface area contributed by atoms with Crippen molar-refractivity contribution in [3.8, 4) is 28.7 Å². The zero-order valence-corrected chi connectivity index (χ0v) is 29.0. The Morgan fingerprint density at radius 3 is 2.70 bits per heavy atom. The van der Waals surface area contributed by atoms with Crippen LogP contribution in [0, 0.1) is 18.6 Å². The number of nitrogens with one attached hydrogen (secondary N) is 1. The van der Waals surface area contributed by atoms with Crippen LogP contribution < -0.4 is 19.7 Å². The Morgan fingerprint density at radius 1 is 0.943 bits per heavy atom. The van der Waals surface area contributed by atoms with E-state index in [2.05, 4.69) is 25.0 Å². The molecule has 0 unspecified atom stereocenters. The van der Waals surface area contributed by atoms with Gasteiger partial charge in [-0.25, -0.2) is 28.4 Å². The lowest BCUT2D eigenvalue weighted by Crippen LogP contribution is -2.45. The van der Waals surface area contributed by atoms with Gasteiger partial charge in [0.25, 0.3) is 0 Å². The summed E-state index contributed by atoms with van der Waals surface area (Å²) >= 11 is 0. The average molecular weight is 724 g/mol. The molecule has 0 saturated carbocycles. The molecule has 4 aromatic heterocycles. The van der Waals surface area contributed by atoms with E-state index in [-0.39, 0.29) is 50.1 Å². The maximum Gasteiger partial charge on any atom is 0.320 e. The highest BCUT2D eigenvalue weighted by Gasteiger charge is 2.41. The van der Waals surface area contributed by atoms with Crippen molar-refractivity contribution in [3.63, 3.8) is 0 Å². The van der Waals surface area contributed by atoms with Crippen LogP contribution in [0.1, 0.15) is 18.7 Å². The first kappa shape index (κ1) is 32.9. The number of rotatable bonds is 1. The third-order valence-electron chi connectivity index (χ3n) is 9.85. The second-order valence-corrected chi connectivity index (χ2v) is 13.3. The maximum atomic E-state index is 14.9. The smallest absolute Gasteiger partial charge is 0.320 e. The lowest BCUT2D eigenvalue weighted by molar-refractivity contribution is -0.131. The van der Waals surface area contributed by atoms with Crippen LogP contribution >= 0.6 is 0 Å². The molecule has 17 heteroatoms. The number of likely N-dealkylation sites (N-methyl/N-ethyl adjacent to an activating group) is 1. The number of fused-ring (bicyclic) bond motifs is 8. The predicted molar refractivity (Wildman–Crippen MR) is 189 cm³/mol. The standard InChI is InChI=1S/C36H35F2N11O4/c1-20-41-27-15-22(38)14-24-26-6-7-39-35(43-26)42-23-17-29(34(50)46(2)8-3-9-47(20)31(24)27)48(19-23)32-25-18-40-49-28-5-4-21(37)16-30(28)52-12-10-51-11-13-53-36(44-32)45-33(25)49/h4-7,14-16,18,23,29H,3,8-13,17,19H2,1-2H3,(H,39,42,43)/t23-,29-/m0/s1. The summed E-state index contributed by atoms with van der Waals surface area (Å²) in [7, 11) is 1.80. The van der Waals surface area contributed by atoms with E-state index in [0.717, 1.165) is 11.3 Å². The molecule has 7 heterocycles. The molecule has 0 radical (unpaired) electrons. The van der Waals surface area contributed by atoms with E-state index in [1.807, 2.05) is 11.8 Å². The summed E-state index contributed by atoms with van der Waals surface area (Å²) in [6, 6.07) is 8.01. The van der Waals surface area contributed by atoms with E-state index >= 15 is 0 Å². The molecule has 6 aromatic rings. The largest absolute Gasteiger partial charge is 0.489 e. The number of nitrogens with zero attached hydrogens (tertiary/aromatic N) is 10. The second-order valence-electron chi connectivity index (χ2n) is 13.3. The molecule has 3 aliphatic heterocycles. The molecule has 3 aliphatic rings. The lowest BCUT2D eigenvalue weighted by atomic mass is 10.1. The molecule has 1 fully saturated rings. The molecule has 6 bridgehead atoms. The number of aryl methyl sites for hydroxylation is 2. The van der Waals surface area contributed by atoms with Gasteiger partial charge in [-0.15, -0.1) is 0 Å². The molecule has 0 spiro atoms. The van der Waals surface area contributed by atoms with Crippen molar-refractivity contribution in [2.45, 2.75) is 38.4 Å². The minimum Gasteiger partial charge on any atom is -0.489 e. The number of halogens is 2. The van der Waals surface area contributed by atoms with Gasteiger partial charge in [-0.1, -0.05) is 0 Å². The van der Waals surface area contributed by atoms with Gasteiger partial charge in [0.15, 0.2) is 5.65 Å². The van der Waals surface area contributed by atoms with E-state index in [1.54, 1.807) is 41.2 Å². The van der Waals surface area contributed by atoms with E-state index in [0.29, 0.717) is 77.7 Å². The van der Waals surface area contributed by atoms with Gasteiger partial charge in [0.05, 0.1) is 41.5 Å². The fourth-order valence-corrected chi connectivity index (χ4v) is 7.44. The van der Waals surface area contributed by atoms with Crippen LogP contribution in [-0.2, 0) is 16.1 Å². The minimum absolute atomic E-state index is 0.0729. The summed E-state index contributed by atoms with van der Waals surface area (Å²) in [5, 5.41) is 8.65. The number of hydrogen-bond donors (Lipinski definition) is 1. The summed E-state index contributed by atoms with van der Waals surface area (Å²) < 4.78 is 50.5. The second kappa shape index (κ2) is 13.2. The Kier molecular flexibility index (Phi) is 8.21. The Morgan fingerprint density at radius 2 is 1.81 bits per heavy atom. The van der Waals surface area contributed by atoms with Crippen molar-refractivity contribution >= 4 is 39.7 Å². The lowest BCUT2D eigenvalue weighted by Gasteiger charge is -2.29. The summed E-state index contributed by atoms with van der Waals surface area (Å²) in [5.74, 6) is 0.830. The van der Waals surface area contributed by atoms with Crippen LogP contribution in [0.4, 0.5) is 20.5 Å². The Labute approximate surface area is 301 Å². The van der Waals surface area contributed by atoms with Crippen LogP contribution in [0.25, 0.3) is 39.0 Å². The van der Waals surface area contributed by atoms with Crippen LogP contribution in [0.15, 0.2) is 48.8 Å². The zero-order valence-electron chi connectivity index (χ0n) is 29.0. The van der Waals surface area contributed by atoms with Crippen LogP contribution in [0.5, 0.6) is 11.8 Å². The van der Waals surface area contributed by atoms with Gasteiger partial charge in [-0.3, -0.25) is 4.79 Å². The van der Waals surface area contributed by atoms with Gasteiger partial charge in [0, 0.05) is 56.6 Å². The third-order valence-corrected chi connectivity index (χ3v) is 9.85. The van der Waals surface area contributed by atoms with Crippen LogP contribution in [0.2, 0.25) is 0 Å². The first-order valence-corrected chi connectivity index (χ1v) is 17.5. The molecule has 0 aliphatic carbocycles. The van der Waals surface area contributed by atoms with Crippen molar-refractivity contribution in [2.75, 3.05) is 56.8 Å². The first-order chi connectivity index (χ1) is 25.8. The van der Waals surface area contributed by atoms with E-state index < -0.39 is 17.7 Å². The van der Waals surface area contributed by atoms with Crippen molar-refractivity contribution < 1.29 is 27.8 Å². The minimum atomic E-state index is -0.636. The van der Waals surface area contributed by atoms with Crippen molar-refractivity contribution in [1.82, 2.24) is 44.2 Å². The topological polar surface area (TPSA) is 150 Å². The molecule has 1 amide bonds. The summed E-state index contributed by atoms with van der Waals surface area (Å²) in [6.45, 7) is 4.12. The Balaban J connectivity index is 1.14. The van der Waals surface area contributed by atoms with Crippen LogP contribution in [-0.4, -0.2) is 109 Å². The number of anilines is 2. The van der Waals surface area contributed by atoms with E-state index in [9.17, 15) is 13.6 Å². The molecule has 15 nitrogen and oxygen atoms in total. The Hall–Kier alpha value is -5.97. The molecular weight excluding hydrogens is 688 g/mol. The van der Waals surface area contributed by atoms with Crippen molar-refractivity contribution in [1.29, 1.82) is 0 Å². The third kappa shape index (κ3) is 5.99. The van der Waals surface area contributed by atoms with Gasteiger partial charge in [0.2, 0.25) is 11.9 Å². The Bertz CT molecular complexity index is 2380. The fraction of sp³-hybridized carbons (Fsp3) is 0.361. The average Bonchev–Trinajstić information content (AvgIpc) is 3.85. The molecule has 9 rings (SSSR count). The van der Waals surface area contributed by atoms with Crippen LogP contribution in [0.3, 0.4) is 0 Å². The molecular formula is C36H35F2N11O4. The summed E-state index contributed by atoms with van der Waals surface area (Å²) in [5.41, 5.74) is 3.34. The van der Waals surface area contributed by atoms with Crippen molar-refractivity contribution in [2.24, 2.45) is 0 Å². The highest BCUT2D eigenvalue weighted by molar-refractivity contribution is 5.94. The molecule has 53 heavy (non-hydrogen) atoms. The van der Waals surface area contributed by atoms with Gasteiger partial charge in [-0.2, -0.15) is 15.1 Å². The van der Waals surface area contributed by atoms with Gasteiger partial charge < -0.3 is 33.9 Å².